The Bertz CT molecular complexity index is 721. The first kappa shape index (κ1) is 15.3. The van der Waals surface area contributed by atoms with Gasteiger partial charge in [0.1, 0.15) is 5.41 Å². The molecule has 23 heavy (non-hydrogen) atoms. The van der Waals surface area contributed by atoms with Crippen LogP contribution < -0.4 is 10.6 Å². The van der Waals surface area contributed by atoms with Crippen molar-refractivity contribution in [1.29, 1.82) is 0 Å². The second-order valence-corrected chi connectivity index (χ2v) is 5.87. The van der Waals surface area contributed by atoms with Crippen molar-refractivity contribution in [3.05, 3.63) is 60.2 Å². The third kappa shape index (κ3) is 3.11. The lowest BCUT2D eigenvalue weighted by Crippen LogP contribution is -2.35. The standard InChI is InChI=1S/C19H20N2O2/c1-2-14-8-6-7-11-16(14)21-18(23)19(12-13-19)17(22)20-15-9-4-3-5-10-15/h3-11H,2,12-13H2,1H3,(H,20,22)(H,21,23). The maximum atomic E-state index is 12.6. The van der Waals surface area contributed by atoms with Gasteiger partial charge in [-0.25, -0.2) is 0 Å². The summed E-state index contributed by atoms with van der Waals surface area (Å²) in [6.45, 7) is 2.04. The largest absolute Gasteiger partial charge is 0.325 e. The van der Waals surface area contributed by atoms with Crippen LogP contribution in [0.1, 0.15) is 25.3 Å². The van der Waals surface area contributed by atoms with Crippen molar-refractivity contribution in [1.82, 2.24) is 0 Å². The number of carbonyl (C=O) groups excluding carboxylic acids is 2. The summed E-state index contributed by atoms with van der Waals surface area (Å²) in [5, 5.41) is 5.77. The van der Waals surface area contributed by atoms with E-state index in [0.717, 1.165) is 17.7 Å². The van der Waals surface area contributed by atoms with Gasteiger partial charge in [0.15, 0.2) is 0 Å². The summed E-state index contributed by atoms with van der Waals surface area (Å²) in [7, 11) is 0. The molecule has 0 atom stereocenters. The Balaban J connectivity index is 1.72. The van der Waals surface area contributed by atoms with E-state index in [-0.39, 0.29) is 11.8 Å². The van der Waals surface area contributed by atoms with Gasteiger partial charge >= 0.3 is 0 Å². The molecule has 2 aromatic carbocycles. The quantitative estimate of drug-likeness (QED) is 0.829. The summed E-state index contributed by atoms with van der Waals surface area (Å²) in [4.78, 5) is 25.1. The maximum absolute atomic E-state index is 12.6. The third-order valence-corrected chi connectivity index (χ3v) is 4.30. The molecule has 0 aliphatic heterocycles. The second-order valence-electron chi connectivity index (χ2n) is 5.87. The molecule has 2 aromatic rings. The normalized spacial score (nSPS) is 14.8. The van der Waals surface area contributed by atoms with Crippen LogP contribution in [-0.2, 0) is 16.0 Å². The number of para-hydroxylation sites is 2. The molecule has 0 bridgehead atoms. The highest BCUT2D eigenvalue weighted by molar-refractivity contribution is 6.17. The molecule has 1 aliphatic rings. The van der Waals surface area contributed by atoms with Crippen molar-refractivity contribution in [2.75, 3.05) is 10.6 Å². The molecule has 0 spiro atoms. The first-order valence-electron chi connectivity index (χ1n) is 7.91. The molecular formula is C19H20N2O2. The van der Waals surface area contributed by atoms with Gasteiger partial charge in [-0.05, 0) is 43.0 Å². The number of nitrogens with one attached hydrogen (secondary N) is 2. The number of aryl methyl sites for hydroxylation is 1. The fraction of sp³-hybridized carbons (Fsp3) is 0.263. The van der Waals surface area contributed by atoms with Crippen molar-refractivity contribution in [2.24, 2.45) is 5.41 Å². The van der Waals surface area contributed by atoms with Gasteiger partial charge in [-0.15, -0.1) is 0 Å². The summed E-state index contributed by atoms with van der Waals surface area (Å²) in [5.41, 5.74) is 1.64. The topological polar surface area (TPSA) is 58.2 Å². The maximum Gasteiger partial charge on any atom is 0.240 e. The Labute approximate surface area is 135 Å². The number of rotatable bonds is 5. The number of hydrogen-bond donors (Lipinski definition) is 2. The number of amides is 2. The van der Waals surface area contributed by atoms with Crippen LogP contribution >= 0.6 is 0 Å². The van der Waals surface area contributed by atoms with E-state index >= 15 is 0 Å². The van der Waals surface area contributed by atoms with E-state index in [1.165, 1.54) is 0 Å². The predicted molar refractivity (Wildman–Crippen MR) is 91.2 cm³/mol. The number of hydrogen-bond acceptors (Lipinski definition) is 2. The Hall–Kier alpha value is -2.62. The molecule has 4 nitrogen and oxygen atoms in total. The molecule has 0 radical (unpaired) electrons. The average molecular weight is 308 g/mol. The van der Waals surface area contributed by atoms with E-state index in [1.807, 2.05) is 61.5 Å². The highest BCUT2D eigenvalue weighted by Gasteiger charge is 2.56. The summed E-state index contributed by atoms with van der Waals surface area (Å²) >= 11 is 0. The lowest BCUT2D eigenvalue weighted by atomic mass is 10.0. The van der Waals surface area contributed by atoms with E-state index in [9.17, 15) is 9.59 Å². The molecule has 2 amide bonds. The second kappa shape index (κ2) is 6.24. The molecule has 1 aliphatic carbocycles. The van der Waals surface area contributed by atoms with Gasteiger partial charge in [-0.3, -0.25) is 9.59 Å². The van der Waals surface area contributed by atoms with Gasteiger partial charge in [-0.1, -0.05) is 43.3 Å². The Morgan fingerprint density at radius 3 is 2.17 bits per heavy atom. The van der Waals surface area contributed by atoms with Crippen LogP contribution in [0.15, 0.2) is 54.6 Å². The first-order valence-corrected chi connectivity index (χ1v) is 7.91. The Kier molecular flexibility index (Phi) is 4.15. The van der Waals surface area contributed by atoms with Crippen molar-refractivity contribution in [2.45, 2.75) is 26.2 Å². The number of benzene rings is 2. The minimum absolute atomic E-state index is 0.216. The zero-order valence-corrected chi connectivity index (χ0v) is 13.1. The Morgan fingerprint density at radius 1 is 0.913 bits per heavy atom. The lowest BCUT2D eigenvalue weighted by molar-refractivity contribution is -0.131. The van der Waals surface area contributed by atoms with Crippen molar-refractivity contribution in [3.63, 3.8) is 0 Å². The van der Waals surface area contributed by atoms with Crippen LogP contribution in [0.5, 0.6) is 0 Å². The molecule has 2 N–H and O–H groups in total. The molecule has 4 heteroatoms. The molecular weight excluding hydrogens is 288 g/mol. The first-order chi connectivity index (χ1) is 11.2. The molecule has 0 unspecified atom stereocenters. The fourth-order valence-corrected chi connectivity index (χ4v) is 2.65. The molecule has 0 aromatic heterocycles. The fourth-order valence-electron chi connectivity index (χ4n) is 2.65. The Morgan fingerprint density at radius 2 is 1.52 bits per heavy atom. The SMILES string of the molecule is CCc1ccccc1NC(=O)C1(C(=O)Nc2ccccc2)CC1. The number of anilines is 2. The third-order valence-electron chi connectivity index (χ3n) is 4.30. The van der Waals surface area contributed by atoms with E-state index in [4.69, 9.17) is 0 Å². The monoisotopic (exact) mass is 308 g/mol. The van der Waals surface area contributed by atoms with E-state index in [1.54, 1.807) is 0 Å². The zero-order valence-electron chi connectivity index (χ0n) is 13.1. The number of carbonyl (C=O) groups is 2. The zero-order chi connectivity index (χ0) is 16.3. The predicted octanol–water partition coefficient (Wildman–Crippen LogP) is 3.61. The minimum atomic E-state index is -0.934. The van der Waals surface area contributed by atoms with Crippen LogP contribution in [0.25, 0.3) is 0 Å². The van der Waals surface area contributed by atoms with Crippen LogP contribution in [0.4, 0.5) is 11.4 Å². The molecule has 0 saturated heterocycles. The average Bonchev–Trinajstić information content (AvgIpc) is 3.38. The van der Waals surface area contributed by atoms with Crippen LogP contribution in [0.2, 0.25) is 0 Å². The van der Waals surface area contributed by atoms with Gasteiger partial charge in [0, 0.05) is 11.4 Å². The summed E-state index contributed by atoms with van der Waals surface area (Å²) in [6, 6.07) is 16.9. The van der Waals surface area contributed by atoms with Gasteiger partial charge < -0.3 is 10.6 Å². The van der Waals surface area contributed by atoms with Crippen molar-refractivity contribution < 1.29 is 9.59 Å². The summed E-state index contributed by atoms with van der Waals surface area (Å²) in [6.07, 6.45) is 2.01. The molecule has 118 valence electrons. The van der Waals surface area contributed by atoms with Gasteiger partial charge in [-0.2, -0.15) is 0 Å². The summed E-state index contributed by atoms with van der Waals surface area (Å²) < 4.78 is 0. The van der Waals surface area contributed by atoms with Crippen LogP contribution in [-0.4, -0.2) is 11.8 Å². The van der Waals surface area contributed by atoms with Crippen molar-refractivity contribution >= 4 is 23.2 Å². The van der Waals surface area contributed by atoms with Crippen LogP contribution in [0.3, 0.4) is 0 Å². The van der Waals surface area contributed by atoms with Gasteiger partial charge in [0.2, 0.25) is 11.8 Å². The molecule has 1 fully saturated rings. The van der Waals surface area contributed by atoms with E-state index < -0.39 is 5.41 Å². The highest BCUT2D eigenvalue weighted by Crippen LogP contribution is 2.47. The summed E-state index contributed by atoms with van der Waals surface area (Å²) in [5.74, 6) is -0.443. The molecule has 1 saturated carbocycles. The molecule has 0 heterocycles. The van der Waals surface area contributed by atoms with Crippen molar-refractivity contribution in [3.8, 4) is 0 Å². The van der Waals surface area contributed by atoms with E-state index in [0.29, 0.717) is 18.5 Å². The van der Waals surface area contributed by atoms with Gasteiger partial charge in [0.05, 0.1) is 0 Å². The van der Waals surface area contributed by atoms with Gasteiger partial charge in [0.25, 0.3) is 0 Å². The highest BCUT2D eigenvalue weighted by atomic mass is 16.2. The lowest BCUT2D eigenvalue weighted by Gasteiger charge is -2.17. The van der Waals surface area contributed by atoms with E-state index in [2.05, 4.69) is 10.6 Å². The minimum Gasteiger partial charge on any atom is -0.325 e. The smallest absolute Gasteiger partial charge is 0.240 e. The molecule has 3 rings (SSSR count). The van der Waals surface area contributed by atoms with Crippen LogP contribution in [0, 0.1) is 5.41 Å².